The second-order valence-corrected chi connectivity index (χ2v) is 17.8. The maximum atomic E-state index is 2.45. The summed E-state index contributed by atoms with van der Waals surface area (Å²) in [6.45, 7) is 27.5. The molecule has 6 aromatic rings. The Bertz CT molecular complexity index is 1790. The van der Waals surface area contributed by atoms with Gasteiger partial charge in [0, 0.05) is 21.7 Å². The van der Waals surface area contributed by atoms with Gasteiger partial charge in [0.2, 0.25) is 0 Å². The first-order valence-electron chi connectivity index (χ1n) is 17.1. The van der Waals surface area contributed by atoms with E-state index >= 15 is 0 Å². The van der Waals surface area contributed by atoms with Gasteiger partial charge in [-0.25, -0.2) is 12.1 Å². The summed E-state index contributed by atoms with van der Waals surface area (Å²) in [5.74, 6) is 0. The fraction of sp³-hybridized carbons (Fsp3) is 0.261. The molecule has 6 rings (SSSR count). The standard InChI is InChI=1S/C41H47P2.C5H5.Ti/c1-24-16-20-36(32(9)28(24)5)42(37-21-17-25(2)29(6)33(37)10)40-14-13-15-41(40)43(38-22-18-26(3)30(7)34(38)11)39-23-19-27(4)31(8)35(39)12;1-2-4-5-3-1;/h13-23H,1-12H3;1-5H;/q-1;-5;. The van der Waals surface area contributed by atoms with Crippen molar-refractivity contribution in [1.29, 1.82) is 0 Å². The normalized spacial score (nSPS) is 11.1. The smallest absolute Gasteiger partial charge is 0 e. The summed E-state index contributed by atoms with van der Waals surface area (Å²) in [6.07, 6.45) is 0. The van der Waals surface area contributed by atoms with Gasteiger partial charge >= 0.3 is 0 Å². The van der Waals surface area contributed by atoms with Crippen LogP contribution in [-0.2, 0) is 21.7 Å². The SMILES string of the molecule is Cc1ccc(P(c2ccc(C)c(C)c2C)c2ccc[c-]2P(c2ccc(C)c(C)c2C)c2ccc(C)c(C)c2C)c(C)c1C.[Ti].[cH-]1[cH-][cH-][cH-][cH-]1. The molecule has 0 atom stereocenters. The summed E-state index contributed by atoms with van der Waals surface area (Å²) in [5.41, 5.74) is 16.9. The number of hydrogen-bond acceptors (Lipinski definition) is 0. The Balaban J connectivity index is 0.000000826. The van der Waals surface area contributed by atoms with Crippen LogP contribution in [0.2, 0.25) is 0 Å². The van der Waals surface area contributed by atoms with E-state index in [2.05, 4.69) is 150 Å². The zero-order chi connectivity index (χ0) is 34.9. The Labute approximate surface area is 314 Å². The van der Waals surface area contributed by atoms with Crippen LogP contribution in [0.1, 0.15) is 66.8 Å². The molecule has 3 heteroatoms. The van der Waals surface area contributed by atoms with Crippen molar-refractivity contribution in [2.75, 3.05) is 0 Å². The molecule has 0 unspecified atom stereocenters. The minimum Gasteiger partial charge on any atom is -0.748 e. The Kier molecular flexibility index (Phi) is 13.1. The van der Waals surface area contributed by atoms with Crippen molar-refractivity contribution in [3.63, 3.8) is 0 Å². The van der Waals surface area contributed by atoms with Gasteiger partial charge in [-0.1, -0.05) is 56.5 Å². The minimum atomic E-state index is -0.773. The first-order valence-corrected chi connectivity index (χ1v) is 19.8. The van der Waals surface area contributed by atoms with Gasteiger partial charge in [-0.15, -0.1) is 10.6 Å². The van der Waals surface area contributed by atoms with Gasteiger partial charge in [0.1, 0.15) is 0 Å². The number of rotatable bonds is 6. The molecule has 6 aromatic carbocycles. The van der Waals surface area contributed by atoms with Gasteiger partial charge in [-0.3, -0.25) is 0 Å². The average molecular weight is 715 g/mol. The van der Waals surface area contributed by atoms with Crippen molar-refractivity contribution < 1.29 is 21.7 Å². The van der Waals surface area contributed by atoms with E-state index < -0.39 is 15.8 Å². The zero-order valence-electron chi connectivity index (χ0n) is 31.6. The van der Waals surface area contributed by atoms with E-state index in [1.807, 2.05) is 30.3 Å². The second-order valence-electron chi connectivity index (χ2n) is 13.5. The molecule has 0 amide bonds. The molecule has 0 saturated heterocycles. The third-order valence-corrected chi connectivity index (χ3v) is 16.7. The van der Waals surface area contributed by atoms with Gasteiger partial charge in [0.25, 0.3) is 0 Å². The molecular formula is C46H52P2Ti-6. The maximum Gasteiger partial charge on any atom is 0 e. The molecule has 0 saturated carbocycles. The van der Waals surface area contributed by atoms with Gasteiger partial charge in [0.15, 0.2) is 0 Å². The Hall–Kier alpha value is -2.85. The topological polar surface area (TPSA) is 0 Å². The molecule has 0 aliphatic rings. The molecular weight excluding hydrogens is 662 g/mol. The van der Waals surface area contributed by atoms with Crippen molar-refractivity contribution in [3.8, 4) is 0 Å². The predicted molar refractivity (Wildman–Crippen MR) is 218 cm³/mol. The second kappa shape index (κ2) is 16.4. The van der Waals surface area contributed by atoms with Crippen molar-refractivity contribution in [2.24, 2.45) is 0 Å². The van der Waals surface area contributed by atoms with Crippen molar-refractivity contribution in [1.82, 2.24) is 0 Å². The first-order chi connectivity index (χ1) is 22.8. The van der Waals surface area contributed by atoms with Crippen LogP contribution in [0.3, 0.4) is 0 Å². The molecule has 0 radical (unpaired) electrons. The average Bonchev–Trinajstić information content (AvgIpc) is 3.81. The molecule has 49 heavy (non-hydrogen) atoms. The van der Waals surface area contributed by atoms with Crippen LogP contribution in [0.25, 0.3) is 0 Å². The molecule has 0 aromatic heterocycles. The molecule has 0 aliphatic heterocycles. The summed E-state index contributed by atoms with van der Waals surface area (Å²) >= 11 is 0. The van der Waals surface area contributed by atoms with Gasteiger partial charge in [-0.2, -0.15) is 6.07 Å². The van der Waals surface area contributed by atoms with Crippen LogP contribution in [-0.4, -0.2) is 0 Å². The summed E-state index contributed by atoms with van der Waals surface area (Å²) in [5, 5.41) is 8.96. The number of benzene rings is 4. The van der Waals surface area contributed by atoms with Crippen LogP contribution < -0.4 is 31.8 Å². The third kappa shape index (κ3) is 7.75. The molecule has 0 fully saturated rings. The molecule has 0 N–H and O–H groups in total. The van der Waals surface area contributed by atoms with E-state index in [1.54, 1.807) is 0 Å². The summed E-state index contributed by atoms with van der Waals surface area (Å²) in [4.78, 5) is 0. The zero-order valence-corrected chi connectivity index (χ0v) is 35.0. The van der Waals surface area contributed by atoms with Crippen molar-refractivity contribution in [2.45, 2.75) is 83.1 Å². The van der Waals surface area contributed by atoms with Crippen LogP contribution in [0.15, 0.2) is 97.1 Å². The maximum absolute atomic E-state index is 2.45. The van der Waals surface area contributed by atoms with Crippen LogP contribution in [0, 0.1) is 83.1 Å². The predicted octanol–water partition coefficient (Wildman–Crippen LogP) is 10.0. The Morgan fingerprint density at radius 2 is 0.694 bits per heavy atom. The van der Waals surface area contributed by atoms with Crippen molar-refractivity contribution >= 4 is 47.7 Å². The fourth-order valence-corrected chi connectivity index (χ4v) is 12.8. The monoisotopic (exact) mass is 714 g/mol. The summed E-state index contributed by atoms with van der Waals surface area (Å²) in [7, 11) is -1.55. The van der Waals surface area contributed by atoms with Gasteiger partial charge in [0.05, 0.1) is 0 Å². The van der Waals surface area contributed by atoms with E-state index in [4.69, 9.17) is 0 Å². The van der Waals surface area contributed by atoms with Gasteiger partial charge < -0.3 is 30.3 Å². The molecule has 0 nitrogen and oxygen atoms in total. The largest absolute Gasteiger partial charge is 0.748 e. The first kappa shape index (κ1) is 38.9. The van der Waals surface area contributed by atoms with E-state index in [1.165, 1.54) is 98.6 Å². The Morgan fingerprint density at radius 3 is 1.04 bits per heavy atom. The minimum absolute atomic E-state index is 0. The quantitative estimate of drug-likeness (QED) is 0.0916. The molecule has 256 valence electrons. The molecule has 0 spiro atoms. The van der Waals surface area contributed by atoms with Crippen LogP contribution in [0.4, 0.5) is 0 Å². The van der Waals surface area contributed by atoms with Crippen molar-refractivity contribution in [3.05, 3.63) is 164 Å². The van der Waals surface area contributed by atoms with E-state index in [0.29, 0.717) is 0 Å². The molecule has 0 heterocycles. The molecule has 0 aliphatic carbocycles. The van der Waals surface area contributed by atoms with Crippen LogP contribution in [0.5, 0.6) is 0 Å². The van der Waals surface area contributed by atoms with Gasteiger partial charge in [-0.05, 0) is 179 Å². The Morgan fingerprint density at radius 1 is 0.388 bits per heavy atom. The third-order valence-electron chi connectivity index (χ3n) is 10.9. The van der Waals surface area contributed by atoms with E-state index in [-0.39, 0.29) is 21.7 Å². The fourth-order valence-electron chi connectivity index (χ4n) is 6.61. The number of hydrogen-bond donors (Lipinski definition) is 0. The molecule has 0 bridgehead atoms. The van der Waals surface area contributed by atoms with Crippen LogP contribution >= 0.6 is 15.8 Å². The van der Waals surface area contributed by atoms with E-state index in [0.717, 1.165) is 0 Å². The summed E-state index contributed by atoms with van der Waals surface area (Å²) in [6, 6.07) is 36.3. The van der Waals surface area contributed by atoms with E-state index in [9.17, 15) is 0 Å². The summed E-state index contributed by atoms with van der Waals surface area (Å²) < 4.78 is 0. The number of aryl methyl sites for hydroxylation is 4.